The van der Waals surface area contributed by atoms with Gasteiger partial charge in [-0.2, -0.15) is 0 Å². The van der Waals surface area contributed by atoms with E-state index in [1.165, 1.54) is 13.5 Å². The van der Waals surface area contributed by atoms with Crippen LogP contribution < -0.4 is 4.74 Å². The lowest BCUT2D eigenvalue weighted by molar-refractivity contribution is -0.153. The molecule has 2 aliphatic rings. The first-order valence-electron chi connectivity index (χ1n) is 8.27. The van der Waals surface area contributed by atoms with E-state index >= 15 is 0 Å². The molecule has 0 unspecified atom stereocenters. The molecule has 0 aromatic heterocycles. The van der Waals surface area contributed by atoms with Crippen LogP contribution in [0.4, 0.5) is 0 Å². The molecule has 0 bridgehead atoms. The number of benzene rings is 1. The minimum Gasteiger partial charge on any atom is -0.484 e. The van der Waals surface area contributed by atoms with Crippen LogP contribution in [0.1, 0.15) is 32.1 Å². The van der Waals surface area contributed by atoms with Gasteiger partial charge in [-0.05, 0) is 37.3 Å². The maximum absolute atomic E-state index is 12.7. The number of methoxy groups -OCH3 is 1. The Bertz CT molecular complexity index is 559. The maximum atomic E-state index is 12.7. The number of amides is 1. The zero-order valence-electron chi connectivity index (χ0n) is 13.4. The van der Waals surface area contributed by atoms with Crippen molar-refractivity contribution >= 4 is 11.9 Å². The Labute approximate surface area is 136 Å². The fourth-order valence-electron chi connectivity index (χ4n) is 3.90. The van der Waals surface area contributed by atoms with Crippen molar-refractivity contribution in [3.63, 3.8) is 0 Å². The topological polar surface area (TPSA) is 55.8 Å². The molecule has 2 fully saturated rings. The molecule has 1 saturated heterocycles. The maximum Gasteiger partial charge on any atom is 0.328 e. The second kappa shape index (κ2) is 7.02. The number of carbonyl (C=O) groups excluding carboxylic acids is 2. The normalized spacial score (nSPS) is 26.5. The van der Waals surface area contributed by atoms with Crippen molar-refractivity contribution in [2.24, 2.45) is 5.92 Å². The first-order chi connectivity index (χ1) is 11.2. The van der Waals surface area contributed by atoms with Crippen LogP contribution in [0.15, 0.2) is 30.3 Å². The van der Waals surface area contributed by atoms with E-state index in [1.54, 1.807) is 4.90 Å². The predicted octanol–water partition coefficient (Wildman–Crippen LogP) is 2.40. The Morgan fingerprint density at radius 2 is 1.91 bits per heavy atom. The molecule has 5 heteroatoms. The van der Waals surface area contributed by atoms with Crippen molar-refractivity contribution < 1.29 is 19.1 Å². The Balaban J connectivity index is 1.70. The van der Waals surface area contributed by atoms with Gasteiger partial charge < -0.3 is 14.4 Å². The van der Waals surface area contributed by atoms with E-state index < -0.39 is 6.04 Å². The van der Waals surface area contributed by atoms with E-state index in [4.69, 9.17) is 9.47 Å². The highest BCUT2D eigenvalue weighted by molar-refractivity contribution is 5.86. The molecule has 1 saturated carbocycles. The van der Waals surface area contributed by atoms with Crippen LogP contribution in [0.25, 0.3) is 0 Å². The van der Waals surface area contributed by atoms with Gasteiger partial charge in [0.1, 0.15) is 11.8 Å². The minimum atomic E-state index is -0.458. The molecule has 3 atom stereocenters. The monoisotopic (exact) mass is 317 g/mol. The fourth-order valence-corrected chi connectivity index (χ4v) is 3.90. The van der Waals surface area contributed by atoms with E-state index in [-0.39, 0.29) is 24.5 Å². The summed E-state index contributed by atoms with van der Waals surface area (Å²) in [6, 6.07) is 8.96. The minimum absolute atomic E-state index is 0.0409. The quantitative estimate of drug-likeness (QED) is 0.800. The number of carbonyl (C=O) groups is 2. The summed E-state index contributed by atoms with van der Waals surface area (Å²) >= 11 is 0. The van der Waals surface area contributed by atoms with E-state index in [9.17, 15) is 9.59 Å². The van der Waals surface area contributed by atoms with Crippen LogP contribution in [0.2, 0.25) is 0 Å². The van der Waals surface area contributed by atoms with Crippen LogP contribution in [-0.4, -0.2) is 42.6 Å². The first-order valence-corrected chi connectivity index (χ1v) is 8.27. The number of ether oxygens (including phenoxy) is 2. The van der Waals surface area contributed by atoms with E-state index in [2.05, 4.69) is 0 Å². The van der Waals surface area contributed by atoms with E-state index in [0.717, 1.165) is 19.3 Å². The van der Waals surface area contributed by atoms with Crippen molar-refractivity contribution in [2.75, 3.05) is 13.7 Å². The lowest BCUT2D eigenvalue weighted by Crippen LogP contribution is -2.48. The molecular weight excluding hydrogens is 294 g/mol. The highest BCUT2D eigenvalue weighted by Crippen LogP contribution is 2.40. The number of hydrogen-bond donors (Lipinski definition) is 0. The number of rotatable bonds is 4. The summed E-state index contributed by atoms with van der Waals surface area (Å²) in [6.07, 6.45) is 5.06. The summed E-state index contributed by atoms with van der Waals surface area (Å²) in [4.78, 5) is 26.5. The SMILES string of the molecule is COC(=O)[C@@H]1C[C@H]2CCCC[C@H]2N1C(=O)COc1ccccc1. The molecule has 3 rings (SSSR count). The van der Waals surface area contributed by atoms with Gasteiger partial charge in [0.2, 0.25) is 0 Å². The van der Waals surface area contributed by atoms with Gasteiger partial charge in [-0.15, -0.1) is 0 Å². The highest BCUT2D eigenvalue weighted by atomic mass is 16.5. The molecule has 0 spiro atoms. The molecule has 1 heterocycles. The lowest BCUT2D eigenvalue weighted by atomic mass is 9.85. The number of hydrogen-bond acceptors (Lipinski definition) is 4. The van der Waals surface area contributed by atoms with Gasteiger partial charge in [0.25, 0.3) is 5.91 Å². The fraction of sp³-hybridized carbons (Fsp3) is 0.556. The van der Waals surface area contributed by atoms with Gasteiger partial charge in [-0.3, -0.25) is 4.79 Å². The number of para-hydroxylation sites is 1. The van der Waals surface area contributed by atoms with Crippen LogP contribution in [0, 0.1) is 5.92 Å². The summed E-state index contributed by atoms with van der Waals surface area (Å²) in [7, 11) is 1.38. The largest absolute Gasteiger partial charge is 0.484 e. The zero-order valence-corrected chi connectivity index (χ0v) is 13.4. The molecule has 1 aliphatic carbocycles. The summed E-state index contributed by atoms with van der Waals surface area (Å²) in [6.45, 7) is -0.0409. The van der Waals surface area contributed by atoms with Gasteiger partial charge in [-0.1, -0.05) is 31.0 Å². The molecule has 124 valence electrons. The van der Waals surface area contributed by atoms with Crippen LogP contribution in [0.5, 0.6) is 5.75 Å². The Kier molecular flexibility index (Phi) is 4.84. The highest BCUT2D eigenvalue weighted by Gasteiger charge is 2.47. The third-order valence-electron chi connectivity index (χ3n) is 4.95. The predicted molar refractivity (Wildman–Crippen MR) is 85.0 cm³/mol. The van der Waals surface area contributed by atoms with Gasteiger partial charge in [0.05, 0.1) is 7.11 Å². The molecule has 1 aliphatic heterocycles. The smallest absolute Gasteiger partial charge is 0.328 e. The summed E-state index contributed by atoms with van der Waals surface area (Å²) in [5, 5.41) is 0. The van der Waals surface area contributed by atoms with Gasteiger partial charge in [0.15, 0.2) is 6.61 Å². The second-order valence-electron chi connectivity index (χ2n) is 6.29. The number of esters is 1. The molecule has 0 N–H and O–H groups in total. The third kappa shape index (κ3) is 3.33. The van der Waals surface area contributed by atoms with Crippen molar-refractivity contribution in [2.45, 2.75) is 44.2 Å². The molecular formula is C18H23NO4. The second-order valence-corrected chi connectivity index (χ2v) is 6.29. The van der Waals surface area contributed by atoms with Crippen LogP contribution in [-0.2, 0) is 14.3 Å². The van der Waals surface area contributed by atoms with Crippen LogP contribution >= 0.6 is 0 Å². The average Bonchev–Trinajstić information content (AvgIpc) is 2.99. The van der Waals surface area contributed by atoms with E-state index in [1.807, 2.05) is 30.3 Å². The van der Waals surface area contributed by atoms with Crippen molar-refractivity contribution in [1.29, 1.82) is 0 Å². The third-order valence-corrected chi connectivity index (χ3v) is 4.95. The molecule has 0 radical (unpaired) electrons. The number of nitrogens with zero attached hydrogens (tertiary/aromatic N) is 1. The summed E-state index contributed by atoms with van der Waals surface area (Å²) in [5.74, 6) is 0.634. The first kappa shape index (κ1) is 15.8. The number of likely N-dealkylation sites (tertiary alicyclic amines) is 1. The van der Waals surface area contributed by atoms with Gasteiger partial charge >= 0.3 is 5.97 Å². The molecule has 23 heavy (non-hydrogen) atoms. The Morgan fingerprint density at radius 1 is 1.17 bits per heavy atom. The van der Waals surface area contributed by atoms with Crippen LogP contribution in [0.3, 0.4) is 0 Å². The molecule has 1 aromatic rings. The van der Waals surface area contributed by atoms with Crippen molar-refractivity contribution in [3.05, 3.63) is 30.3 Å². The molecule has 1 aromatic carbocycles. The number of fused-ring (bicyclic) bond motifs is 1. The van der Waals surface area contributed by atoms with Gasteiger partial charge in [-0.25, -0.2) is 4.79 Å². The Hall–Kier alpha value is -2.04. The zero-order chi connectivity index (χ0) is 16.2. The average molecular weight is 317 g/mol. The van der Waals surface area contributed by atoms with E-state index in [0.29, 0.717) is 18.1 Å². The molecule has 5 nitrogen and oxygen atoms in total. The van der Waals surface area contributed by atoms with Crippen molar-refractivity contribution in [1.82, 2.24) is 4.90 Å². The standard InChI is InChI=1S/C18H23NO4/c1-22-18(21)16-11-13-7-5-6-10-15(13)19(16)17(20)12-23-14-8-3-2-4-9-14/h2-4,8-9,13,15-16H,5-7,10-12H2,1H3/t13-,15-,16+/m1/s1. The molecule has 1 amide bonds. The van der Waals surface area contributed by atoms with Crippen molar-refractivity contribution in [3.8, 4) is 5.75 Å². The lowest BCUT2D eigenvalue weighted by Gasteiger charge is -2.33. The van der Waals surface area contributed by atoms with Gasteiger partial charge in [0, 0.05) is 6.04 Å². The summed E-state index contributed by atoms with van der Waals surface area (Å²) < 4.78 is 10.5. The summed E-state index contributed by atoms with van der Waals surface area (Å²) in [5.41, 5.74) is 0. The Morgan fingerprint density at radius 3 is 2.65 bits per heavy atom.